The van der Waals surface area contributed by atoms with Crippen LogP contribution in [-0.2, 0) is 0 Å². The first-order valence-corrected chi connectivity index (χ1v) is 8.77. The summed E-state index contributed by atoms with van der Waals surface area (Å²) < 4.78 is 10.7. The van der Waals surface area contributed by atoms with Crippen LogP contribution in [0.25, 0.3) is 11.4 Å². The zero-order valence-corrected chi connectivity index (χ0v) is 16.3. The van der Waals surface area contributed by atoms with Gasteiger partial charge in [-0.15, -0.1) is 0 Å². The van der Waals surface area contributed by atoms with Gasteiger partial charge in [-0.05, 0) is 50.6 Å². The van der Waals surface area contributed by atoms with E-state index >= 15 is 0 Å². The highest BCUT2D eigenvalue weighted by molar-refractivity contribution is 5.59. The Labute approximate surface area is 159 Å². The van der Waals surface area contributed by atoms with Gasteiger partial charge in [0.05, 0.1) is 20.3 Å². The topological polar surface area (TPSA) is 69.2 Å². The van der Waals surface area contributed by atoms with Crippen molar-refractivity contribution in [1.82, 2.24) is 15.0 Å². The molecule has 0 aliphatic heterocycles. The molecule has 0 radical (unpaired) electrons. The third kappa shape index (κ3) is 4.00. The van der Waals surface area contributed by atoms with Crippen LogP contribution in [0.5, 0.6) is 11.5 Å². The number of hydrogen-bond donors (Lipinski definition) is 1. The minimum Gasteiger partial charge on any atom is -0.493 e. The van der Waals surface area contributed by atoms with E-state index in [9.17, 15) is 0 Å². The Morgan fingerprint density at radius 1 is 1.00 bits per heavy atom. The second-order valence-corrected chi connectivity index (χ2v) is 6.33. The zero-order chi connectivity index (χ0) is 19.4. The minimum atomic E-state index is 0.0274. The van der Waals surface area contributed by atoms with Crippen molar-refractivity contribution in [2.24, 2.45) is 0 Å². The summed E-state index contributed by atoms with van der Waals surface area (Å²) in [5.74, 6) is 2.88. The number of methoxy groups -OCH3 is 2. The third-order valence-electron chi connectivity index (χ3n) is 4.57. The Kier molecular flexibility index (Phi) is 5.54. The molecule has 2 aromatic heterocycles. The highest BCUT2D eigenvalue weighted by Crippen LogP contribution is 2.31. The van der Waals surface area contributed by atoms with Gasteiger partial charge in [0.25, 0.3) is 0 Å². The van der Waals surface area contributed by atoms with Crippen LogP contribution >= 0.6 is 0 Å². The average molecular weight is 364 g/mol. The lowest BCUT2D eigenvalue weighted by molar-refractivity contribution is 0.354. The summed E-state index contributed by atoms with van der Waals surface area (Å²) >= 11 is 0. The van der Waals surface area contributed by atoms with Crippen LogP contribution in [-0.4, -0.2) is 29.2 Å². The van der Waals surface area contributed by atoms with E-state index in [4.69, 9.17) is 14.5 Å². The van der Waals surface area contributed by atoms with E-state index in [2.05, 4.69) is 22.2 Å². The summed E-state index contributed by atoms with van der Waals surface area (Å²) in [6.07, 6.45) is 3.51. The van der Waals surface area contributed by atoms with Crippen LogP contribution in [0, 0.1) is 13.8 Å². The highest BCUT2D eigenvalue weighted by Gasteiger charge is 2.15. The molecule has 0 fully saturated rings. The largest absolute Gasteiger partial charge is 0.493 e. The molecule has 3 aromatic rings. The monoisotopic (exact) mass is 364 g/mol. The summed E-state index contributed by atoms with van der Waals surface area (Å²) in [7, 11) is 3.27. The number of aromatic nitrogens is 3. The standard InChI is InChI=1S/C21H24N4O2/c1-13-14(2)23-21(17-7-6-10-22-12-17)25-20(13)24-15(3)16-8-9-18(26-4)19(11-16)27-5/h6-12,15H,1-5H3,(H,23,24,25). The fourth-order valence-electron chi connectivity index (χ4n) is 2.80. The summed E-state index contributed by atoms with van der Waals surface area (Å²) in [6, 6.07) is 9.77. The zero-order valence-electron chi connectivity index (χ0n) is 16.3. The molecule has 6 heteroatoms. The van der Waals surface area contributed by atoms with Gasteiger partial charge in [-0.1, -0.05) is 6.07 Å². The predicted molar refractivity (Wildman–Crippen MR) is 106 cm³/mol. The number of benzene rings is 1. The molecule has 27 heavy (non-hydrogen) atoms. The molecule has 6 nitrogen and oxygen atoms in total. The van der Waals surface area contributed by atoms with Crippen molar-refractivity contribution in [3.63, 3.8) is 0 Å². The summed E-state index contributed by atoms with van der Waals surface area (Å²) in [6.45, 7) is 6.09. The van der Waals surface area contributed by atoms with Crippen LogP contribution in [0.4, 0.5) is 5.82 Å². The van der Waals surface area contributed by atoms with Crippen LogP contribution in [0.3, 0.4) is 0 Å². The van der Waals surface area contributed by atoms with Crippen molar-refractivity contribution >= 4 is 5.82 Å². The molecule has 1 unspecified atom stereocenters. The average Bonchev–Trinajstić information content (AvgIpc) is 2.71. The van der Waals surface area contributed by atoms with Crippen molar-refractivity contribution in [2.45, 2.75) is 26.8 Å². The third-order valence-corrected chi connectivity index (χ3v) is 4.57. The lowest BCUT2D eigenvalue weighted by atomic mass is 10.1. The van der Waals surface area contributed by atoms with Gasteiger partial charge >= 0.3 is 0 Å². The quantitative estimate of drug-likeness (QED) is 0.701. The number of nitrogens with zero attached hydrogens (tertiary/aromatic N) is 3. The molecule has 1 aromatic carbocycles. The number of nitrogens with one attached hydrogen (secondary N) is 1. The fourth-order valence-corrected chi connectivity index (χ4v) is 2.80. The Bertz CT molecular complexity index is 929. The SMILES string of the molecule is COc1ccc(C(C)Nc2nc(-c3cccnc3)nc(C)c2C)cc1OC. The van der Waals surface area contributed by atoms with Crippen LogP contribution in [0.2, 0.25) is 0 Å². The molecule has 2 heterocycles. The molecule has 0 saturated carbocycles. The van der Waals surface area contributed by atoms with Crippen LogP contribution < -0.4 is 14.8 Å². The normalized spacial score (nSPS) is 11.7. The Balaban J connectivity index is 1.92. The van der Waals surface area contributed by atoms with E-state index in [1.54, 1.807) is 26.6 Å². The van der Waals surface area contributed by atoms with Gasteiger partial charge in [0.15, 0.2) is 17.3 Å². The fraction of sp³-hybridized carbons (Fsp3) is 0.286. The van der Waals surface area contributed by atoms with Crippen LogP contribution in [0.15, 0.2) is 42.7 Å². The van der Waals surface area contributed by atoms with Gasteiger partial charge in [-0.2, -0.15) is 0 Å². The maximum Gasteiger partial charge on any atom is 0.163 e. The smallest absolute Gasteiger partial charge is 0.163 e. The van der Waals surface area contributed by atoms with E-state index in [1.807, 2.05) is 44.2 Å². The Hall–Kier alpha value is -3.15. The van der Waals surface area contributed by atoms with Gasteiger partial charge in [-0.25, -0.2) is 9.97 Å². The van der Waals surface area contributed by atoms with Crippen molar-refractivity contribution < 1.29 is 9.47 Å². The van der Waals surface area contributed by atoms with E-state index < -0.39 is 0 Å². The van der Waals surface area contributed by atoms with Crippen molar-refractivity contribution in [2.75, 3.05) is 19.5 Å². The second kappa shape index (κ2) is 8.03. The van der Waals surface area contributed by atoms with Gasteiger partial charge < -0.3 is 14.8 Å². The number of anilines is 1. The summed E-state index contributed by atoms with van der Waals surface area (Å²) in [5, 5.41) is 3.50. The molecule has 0 bridgehead atoms. The number of hydrogen-bond acceptors (Lipinski definition) is 6. The van der Waals surface area contributed by atoms with Gasteiger partial charge in [-0.3, -0.25) is 4.98 Å². The molecule has 0 saturated heterocycles. The van der Waals surface area contributed by atoms with E-state index in [1.165, 1.54) is 0 Å². The van der Waals surface area contributed by atoms with Crippen molar-refractivity contribution in [3.05, 3.63) is 59.5 Å². The van der Waals surface area contributed by atoms with E-state index in [0.29, 0.717) is 17.3 Å². The molecule has 1 atom stereocenters. The molecule has 1 N–H and O–H groups in total. The van der Waals surface area contributed by atoms with E-state index in [0.717, 1.165) is 28.2 Å². The highest BCUT2D eigenvalue weighted by atomic mass is 16.5. The first kappa shape index (κ1) is 18.6. The first-order valence-electron chi connectivity index (χ1n) is 8.77. The van der Waals surface area contributed by atoms with Gasteiger partial charge in [0.1, 0.15) is 5.82 Å². The molecule has 0 spiro atoms. The predicted octanol–water partition coefficient (Wildman–Crippen LogP) is 4.35. The van der Waals surface area contributed by atoms with Gasteiger partial charge in [0, 0.05) is 29.2 Å². The second-order valence-electron chi connectivity index (χ2n) is 6.33. The molecule has 3 rings (SSSR count). The molecular weight excluding hydrogens is 340 g/mol. The van der Waals surface area contributed by atoms with Gasteiger partial charge in [0.2, 0.25) is 0 Å². The molecule has 0 aliphatic carbocycles. The summed E-state index contributed by atoms with van der Waals surface area (Å²) in [4.78, 5) is 13.5. The van der Waals surface area contributed by atoms with Crippen LogP contribution in [0.1, 0.15) is 29.8 Å². The van der Waals surface area contributed by atoms with Crippen molar-refractivity contribution in [1.29, 1.82) is 0 Å². The molecule has 0 aliphatic rings. The molecular formula is C21H24N4O2. The number of pyridine rings is 1. The minimum absolute atomic E-state index is 0.0274. The lowest BCUT2D eigenvalue weighted by Gasteiger charge is -2.19. The maximum absolute atomic E-state index is 5.41. The first-order chi connectivity index (χ1) is 13.0. The Morgan fingerprint density at radius 2 is 1.78 bits per heavy atom. The number of ether oxygens (including phenoxy) is 2. The number of rotatable bonds is 6. The lowest BCUT2D eigenvalue weighted by Crippen LogP contribution is -2.11. The van der Waals surface area contributed by atoms with Crippen molar-refractivity contribution in [3.8, 4) is 22.9 Å². The van der Waals surface area contributed by atoms with E-state index in [-0.39, 0.29) is 6.04 Å². The number of aryl methyl sites for hydroxylation is 1. The Morgan fingerprint density at radius 3 is 2.44 bits per heavy atom. The maximum atomic E-state index is 5.41. The molecule has 140 valence electrons. The molecule has 0 amide bonds. The summed E-state index contributed by atoms with van der Waals surface area (Å²) in [5.41, 5.74) is 3.93.